The van der Waals surface area contributed by atoms with Gasteiger partial charge in [0.25, 0.3) is 0 Å². The lowest BCUT2D eigenvalue weighted by Crippen LogP contribution is -2.18. The number of hydrogen-bond donors (Lipinski definition) is 0. The molecule has 0 aromatic heterocycles. The summed E-state index contributed by atoms with van der Waals surface area (Å²) in [4.78, 5) is 0. The van der Waals surface area contributed by atoms with Crippen molar-refractivity contribution in [2.75, 3.05) is 0 Å². The Morgan fingerprint density at radius 1 is 1.18 bits per heavy atom. The fourth-order valence-electron chi connectivity index (χ4n) is 3.06. The van der Waals surface area contributed by atoms with Crippen molar-refractivity contribution in [1.29, 1.82) is 0 Å². The van der Waals surface area contributed by atoms with E-state index in [1.807, 2.05) is 0 Å². The molecule has 0 radical (unpaired) electrons. The summed E-state index contributed by atoms with van der Waals surface area (Å²) in [5, 5.41) is 0. The van der Waals surface area contributed by atoms with Crippen molar-refractivity contribution in [3.63, 3.8) is 0 Å². The molecule has 0 saturated heterocycles. The third-order valence-corrected chi connectivity index (χ3v) is 4.24. The monoisotopic (exact) mass is 240 g/mol. The molecule has 3 atom stereocenters. The molecule has 0 heterocycles. The predicted octanol–water partition coefficient (Wildman–Crippen LogP) is 6.20. The molecule has 0 bridgehead atoms. The first-order chi connectivity index (χ1) is 8.98. The van der Waals surface area contributed by atoms with Crippen LogP contribution in [0.4, 0.5) is 0 Å². The molecule has 102 valence electrons. The molecule has 0 amide bonds. The highest BCUT2D eigenvalue weighted by Gasteiger charge is 2.22. The van der Waals surface area contributed by atoms with Gasteiger partial charge in [-0.15, -0.1) is 0 Å². The van der Waals surface area contributed by atoms with E-state index in [1.54, 1.807) is 0 Å². The topological polar surface area (TPSA) is 0 Å². The lowest BCUT2D eigenvalue weighted by molar-refractivity contribution is 0.212. The fourth-order valence-corrected chi connectivity index (χ4v) is 3.06. The standard InChI is InChI=1S/C17H34/c1-4-16-12-9-10-14-17(16)13-8-6-5-7-11-15(2)3/h15-17H,4-14H2,1-3H3/i10D,16D. The third-order valence-electron chi connectivity index (χ3n) is 4.24. The van der Waals surface area contributed by atoms with Gasteiger partial charge in [0, 0.05) is 2.74 Å². The third kappa shape index (κ3) is 6.48. The second kappa shape index (κ2) is 9.00. The van der Waals surface area contributed by atoms with Crippen molar-refractivity contribution < 1.29 is 2.74 Å². The van der Waals surface area contributed by atoms with E-state index in [0.29, 0.717) is 5.92 Å². The van der Waals surface area contributed by atoms with Crippen LogP contribution < -0.4 is 0 Å². The van der Waals surface area contributed by atoms with Crippen molar-refractivity contribution in [2.24, 2.45) is 17.7 Å². The van der Waals surface area contributed by atoms with Gasteiger partial charge in [-0.25, -0.2) is 0 Å². The van der Waals surface area contributed by atoms with E-state index in [2.05, 4.69) is 20.8 Å². The molecule has 1 rings (SSSR count). The predicted molar refractivity (Wildman–Crippen MR) is 78.3 cm³/mol. The minimum Gasteiger partial charge on any atom is -0.0651 e. The Morgan fingerprint density at radius 2 is 1.94 bits per heavy atom. The van der Waals surface area contributed by atoms with Crippen molar-refractivity contribution >= 4 is 0 Å². The van der Waals surface area contributed by atoms with Gasteiger partial charge in [0.15, 0.2) is 0 Å². The van der Waals surface area contributed by atoms with Gasteiger partial charge in [0.2, 0.25) is 0 Å². The van der Waals surface area contributed by atoms with Gasteiger partial charge in [0.1, 0.15) is 0 Å². The maximum absolute atomic E-state index is 8.61. The molecule has 0 heteroatoms. The van der Waals surface area contributed by atoms with Crippen LogP contribution in [0.25, 0.3) is 0 Å². The zero-order valence-electron chi connectivity index (χ0n) is 14.3. The molecular weight excluding hydrogens is 204 g/mol. The quantitative estimate of drug-likeness (QED) is 0.443. The highest BCUT2D eigenvalue weighted by Crippen LogP contribution is 2.35. The van der Waals surface area contributed by atoms with Gasteiger partial charge in [-0.2, -0.15) is 0 Å². The van der Waals surface area contributed by atoms with Crippen LogP contribution in [0, 0.1) is 17.7 Å². The first kappa shape index (κ1) is 12.1. The van der Waals surface area contributed by atoms with E-state index in [4.69, 9.17) is 2.74 Å². The largest absolute Gasteiger partial charge is 0.0651 e. The Hall–Kier alpha value is 0. The van der Waals surface area contributed by atoms with Gasteiger partial charge in [-0.05, 0) is 17.7 Å². The summed E-state index contributed by atoms with van der Waals surface area (Å²) in [7, 11) is 0. The van der Waals surface area contributed by atoms with Crippen LogP contribution in [-0.2, 0) is 0 Å². The highest BCUT2D eigenvalue weighted by atomic mass is 14.3. The number of unbranched alkanes of at least 4 members (excludes halogenated alkanes) is 3. The van der Waals surface area contributed by atoms with Crippen LogP contribution in [0.1, 0.15) is 94.1 Å². The van der Waals surface area contributed by atoms with Gasteiger partial charge in [-0.1, -0.05) is 91.4 Å². The fraction of sp³-hybridized carbons (Fsp3) is 1.00. The first-order valence-electron chi connectivity index (χ1n) is 8.98. The van der Waals surface area contributed by atoms with E-state index < -0.39 is 0 Å². The maximum atomic E-state index is 8.61. The molecule has 3 unspecified atom stereocenters. The first-order valence-corrected chi connectivity index (χ1v) is 7.90. The lowest BCUT2D eigenvalue weighted by Gasteiger charge is -2.30. The minimum absolute atomic E-state index is 0.107. The molecule has 0 aromatic rings. The summed E-state index contributed by atoms with van der Waals surface area (Å²) in [5.41, 5.74) is 0. The molecule has 0 aromatic carbocycles. The second-order valence-corrected chi connectivity index (χ2v) is 6.16. The molecule has 1 fully saturated rings. The van der Waals surface area contributed by atoms with Gasteiger partial charge >= 0.3 is 0 Å². The van der Waals surface area contributed by atoms with Gasteiger partial charge in [-0.3, -0.25) is 0 Å². The minimum atomic E-state index is -0.213. The maximum Gasteiger partial charge on any atom is 0.0305 e. The summed E-state index contributed by atoms with van der Waals surface area (Å²) < 4.78 is 16.6. The molecule has 1 aliphatic carbocycles. The van der Waals surface area contributed by atoms with E-state index in [9.17, 15) is 0 Å². The van der Waals surface area contributed by atoms with Gasteiger partial charge < -0.3 is 0 Å². The Morgan fingerprint density at radius 3 is 2.65 bits per heavy atom. The van der Waals surface area contributed by atoms with Crippen molar-refractivity contribution in [2.45, 2.75) is 91.4 Å². The summed E-state index contributed by atoms with van der Waals surface area (Å²) >= 11 is 0. The van der Waals surface area contributed by atoms with E-state index in [1.165, 1.54) is 38.5 Å². The van der Waals surface area contributed by atoms with Crippen LogP contribution in [0.15, 0.2) is 0 Å². The summed E-state index contributed by atoms with van der Waals surface area (Å²) in [6.07, 6.45) is 11.8. The molecule has 0 aliphatic heterocycles. The molecule has 1 saturated carbocycles. The van der Waals surface area contributed by atoms with Crippen LogP contribution >= 0.6 is 0 Å². The summed E-state index contributed by atoms with van der Waals surface area (Å²) in [6, 6.07) is 0. The molecule has 17 heavy (non-hydrogen) atoms. The van der Waals surface area contributed by atoms with Gasteiger partial charge in [0.05, 0.1) is 0 Å². The zero-order chi connectivity index (χ0) is 14.3. The van der Waals surface area contributed by atoms with Crippen molar-refractivity contribution in [3.05, 3.63) is 0 Å². The summed E-state index contributed by atoms with van der Waals surface area (Å²) in [6.45, 7) is 6.76. The molecule has 0 N–H and O–H groups in total. The smallest absolute Gasteiger partial charge is 0.0305 e. The van der Waals surface area contributed by atoms with Crippen LogP contribution in [0.2, 0.25) is 0 Å². The van der Waals surface area contributed by atoms with Crippen molar-refractivity contribution in [3.8, 4) is 0 Å². The van der Waals surface area contributed by atoms with E-state index in [0.717, 1.165) is 31.6 Å². The molecule has 0 nitrogen and oxygen atoms in total. The Bertz CT molecular complexity index is 239. The SMILES string of the molecule is [2H]C1CCC([2H])(CC)C(CCCCCCC(C)C)C1. The second-order valence-electron chi connectivity index (χ2n) is 6.16. The van der Waals surface area contributed by atoms with Crippen LogP contribution in [-0.4, -0.2) is 0 Å². The van der Waals surface area contributed by atoms with E-state index >= 15 is 0 Å². The lowest BCUT2D eigenvalue weighted by atomic mass is 9.75. The Kier molecular flexibility index (Phi) is 6.38. The van der Waals surface area contributed by atoms with E-state index in [-0.39, 0.29) is 12.3 Å². The molecular formula is C17H34. The number of hydrogen-bond acceptors (Lipinski definition) is 0. The van der Waals surface area contributed by atoms with Crippen molar-refractivity contribution in [1.82, 2.24) is 0 Å². The molecule has 0 spiro atoms. The Labute approximate surface area is 112 Å². The zero-order valence-corrected chi connectivity index (χ0v) is 12.3. The Balaban J connectivity index is 2.22. The average molecular weight is 240 g/mol. The van der Waals surface area contributed by atoms with Crippen LogP contribution in [0.3, 0.4) is 0 Å². The molecule has 1 aliphatic rings. The van der Waals surface area contributed by atoms with Crippen LogP contribution in [0.5, 0.6) is 0 Å². The number of rotatable bonds is 8. The average Bonchev–Trinajstić information content (AvgIpc) is 2.37. The highest BCUT2D eigenvalue weighted by molar-refractivity contribution is 4.74. The normalized spacial score (nSPS) is 35.8. The summed E-state index contributed by atoms with van der Waals surface area (Å²) in [5.74, 6) is 1.11.